The molecule has 1 aromatic carbocycles. The van der Waals surface area contributed by atoms with Crippen LogP contribution < -0.4 is 15.4 Å². The molecule has 10 heteroatoms. The number of nitrogens with one attached hydrogen (secondary N) is 2. The first-order chi connectivity index (χ1) is 12.1. The minimum Gasteiger partial charge on any atom is -0.495 e. The maximum atomic E-state index is 12.0. The van der Waals surface area contributed by atoms with Gasteiger partial charge in [0.15, 0.2) is 6.61 Å². The summed E-state index contributed by atoms with van der Waals surface area (Å²) in [6, 6.07) is 3.96. The van der Waals surface area contributed by atoms with E-state index in [9.17, 15) is 19.2 Å². The predicted octanol–water partition coefficient (Wildman–Crippen LogP) is 1.16. The zero-order valence-electron chi connectivity index (χ0n) is 14.4. The van der Waals surface area contributed by atoms with Crippen molar-refractivity contribution in [3.63, 3.8) is 0 Å². The second kappa shape index (κ2) is 7.61. The summed E-state index contributed by atoms with van der Waals surface area (Å²) < 4.78 is 9.90. The van der Waals surface area contributed by atoms with Crippen LogP contribution in [0.1, 0.15) is 13.8 Å². The third kappa shape index (κ3) is 4.42. The third-order valence-corrected chi connectivity index (χ3v) is 3.77. The molecule has 0 bridgehead atoms. The molecule has 0 aromatic heterocycles. The summed E-state index contributed by atoms with van der Waals surface area (Å²) >= 11 is 5.86. The standard InChI is InChI=1S/C16H18ClN3O6/c1-16(2)14(23)20(15(24)19-16)7-13(22)26-8-12(21)18-10-6-9(17)4-5-11(10)25-3/h4-6H,7-8H2,1-3H3,(H,18,21)(H,19,24). The van der Waals surface area contributed by atoms with Crippen molar-refractivity contribution in [2.24, 2.45) is 0 Å². The van der Waals surface area contributed by atoms with E-state index in [1.807, 2.05) is 0 Å². The molecule has 2 N–H and O–H groups in total. The first kappa shape index (κ1) is 19.5. The molecule has 0 aliphatic carbocycles. The van der Waals surface area contributed by atoms with Gasteiger partial charge in [-0.15, -0.1) is 0 Å². The second-order valence-electron chi connectivity index (χ2n) is 6.00. The molecule has 1 aliphatic rings. The number of nitrogens with zero attached hydrogens (tertiary/aromatic N) is 1. The summed E-state index contributed by atoms with van der Waals surface area (Å²) in [6.45, 7) is 1.86. The van der Waals surface area contributed by atoms with Crippen molar-refractivity contribution in [3.8, 4) is 5.75 Å². The van der Waals surface area contributed by atoms with Gasteiger partial charge in [0.05, 0.1) is 12.8 Å². The maximum Gasteiger partial charge on any atom is 0.326 e. The van der Waals surface area contributed by atoms with Crippen LogP contribution in [0.4, 0.5) is 10.5 Å². The number of anilines is 1. The lowest BCUT2D eigenvalue weighted by atomic mass is 10.1. The van der Waals surface area contributed by atoms with Crippen LogP contribution in [-0.2, 0) is 19.1 Å². The Balaban J connectivity index is 1.88. The lowest BCUT2D eigenvalue weighted by Gasteiger charge is -2.15. The number of amides is 4. The van der Waals surface area contributed by atoms with E-state index in [2.05, 4.69) is 10.6 Å². The van der Waals surface area contributed by atoms with E-state index in [0.717, 1.165) is 4.90 Å². The molecule has 0 atom stereocenters. The Morgan fingerprint density at radius 1 is 1.31 bits per heavy atom. The van der Waals surface area contributed by atoms with Gasteiger partial charge in [-0.1, -0.05) is 11.6 Å². The fourth-order valence-corrected chi connectivity index (χ4v) is 2.42. The average molecular weight is 384 g/mol. The van der Waals surface area contributed by atoms with E-state index in [1.165, 1.54) is 27.0 Å². The summed E-state index contributed by atoms with van der Waals surface area (Å²) in [4.78, 5) is 48.2. The molecular weight excluding hydrogens is 366 g/mol. The predicted molar refractivity (Wildman–Crippen MR) is 91.9 cm³/mol. The highest BCUT2D eigenvalue weighted by atomic mass is 35.5. The third-order valence-electron chi connectivity index (χ3n) is 3.53. The molecule has 26 heavy (non-hydrogen) atoms. The lowest BCUT2D eigenvalue weighted by Crippen LogP contribution is -2.41. The number of methoxy groups -OCH3 is 1. The van der Waals surface area contributed by atoms with E-state index in [1.54, 1.807) is 12.1 Å². The van der Waals surface area contributed by atoms with E-state index < -0.39 is 42.5 Å². The van der Waals surface area contributed by atoms with Crippen LogP contribution in [0.15, 0.2) is 18.2 Å². The van der Waals surface area contributed by atoms with Crippen molar-refractivity contribution in [1.82, 2.24) is 10.2 Å². The molecule has 1 aliphatic heterocycles. The van der Waals surface area contributed by atoms with E-state index >= 15 is 0 Å². The van der Waals surface area contributed by atoms with Crippen LogP contribution in [0.2, 0.25) is 5.02 Å². The van der Waals surface area contributed by atoms with Crippen molar-refractivity contribution in [1.29, 1.82) is 0 Å². The van der Waals surface area contributed by atoms with Crippen LogP contribution in [0.5, 0.6) is 5.75 Å². The number of halogens is 1. The molecule has 1 saturated heterocycles. The zero-order chi connectivity index (χ0) is 19.5. The van der Waals surface area contributed by atoms with Gasteiger partial charge in [0.1, 0.15) is 17.8 Å². The highest BCUT2D eigenvalue weighted by molar-refractivity contribution is 6.31. The summed E-state index contributed by atoms with van der Waals surface area (Å²) in [7, 11) is 1.43. The van der Waals surface area contributed by atoms with E-state index in [4.69, 9.17) is 21.1 Å². The number of esters is 1. The first-order valence-corrected chi connectivity index (χ1v) is 7.95. The van der Waals surface area contributed by atoms with Crippen molar-refractivity contribution in [3.05, 3.63) is 23.2 Å². The number of rotatable bonds is 6. The highest BCUT2D eigenvalue weighted by Gasteiger charge is 2.45. The zero-order valence-corrected chi connectivity index (χ0v) is 15.2. The fourth-order valence-electron chi connectivity index (χ4n) is 2.25. The van der Waals surface area contributed by atoms with E-state index in [0.29, 0.717) is 16.5 Å². The molecule has 1 fully saturated rings. The van der Waals surface area contributed by atoms with Crippen LogP contribution in [0.3, 0.4) is 0 Å². The molecule has 0 saturated carbocycles. The molecule has 4 amide bonds. The Morgan fingerprint density at radius 2 is 2.00 bits per heavy atom. The van der Waals surface area contributed by atoms with Crippen LogP contribution in [-0.4, -0.2) is 54.5 Å². The van der Waals surface area contributed by atoms with E-state index in [-0.39, 0.29) is 0 Å². The maximum absolute atomic E-state index is 12.0. The molecule has 0 radical (unpaired) electrons. The molecule has 140 valence electrons. The number of ether oxygens (including phenoxy) is 2. The number of carbonyl (C=O) groups is 4. The quantitative estimate of drug-likeness (QED) is 0.563. The molecular formula is C16H18ClN3O6. The van der Waals surface area contributed by atoms with Crippen molar-refractivity contribution >= 4 is 41.1 Å². The van der Waals surface area contributed by atoms with Gasteiger partial charge in [-0.25, -0.2) is 4.79 Å². The summed E-state index contributed by atoms with van der Waals surface area (Å²) in [6.07, 6.45) is 0. The van der Waals surface area contributed by atoms with Gasteiger partial charge in [-0.05, 0) is 32.0 Å². The number of urea groups is 1. The summed E-state index contributed by atoms with van der Waals surface area (Å²) in [5.74, 6) is -1.68. The van der Waals surface area contributed by atoms with Gasteiger partial charge < -0.3 is 20.1 Å². The average Bonchev–Trinajstić information content (AvgIpc) is 2.75. The first-order valence-electron chi connectivity index (χ1n) is 7.57. The Bertz CT molecular complexity index is 764. The number of imide groups is 1. The van der Waals surface area contributed by atoms with Gasteiger partial charge in [-0.3, -0.25) is 19.3 Å². The Kier molecular flexibility index (Phi) is 5.71. The largest absolute Gasteiger partial charge is 0.495 e. The molecule has 2 rings (SSSR count). The number of hydrogen-bond donors (Lipinski definition) is 2. The van der Waals surface area contributed by atoms with Crippen LogP contribution in [0.25, 0.3) is 0 Å². The Hall–Kier alpha value is -2.81. The van der Waals surface area contributed by atoms with Gasteiger partial charge in [0, 0.05) is 5.02 Å². The molecule has 9 nitrogen and oxygen atoms in total. The normalized spacial score (nSPS) is 15.5. The van der Waals surface area contributed by atoms with Crippen molar-refractivity contribution in [2.75, 3.05) is 25.6 Å². The molecule has 0 spiro atoms. The Labute approximate surface area is 154 Å². The van der Waals surface area contributed by atoms with Gasteiger partial charge >= 0.3 is 12.0 Å². The SMILES string of the molecule is COc1ccc(Cl)cc1NC(=O)COC(=O)CN1C(=O)NC(C)(C)C1=O. The molecule has 1 aromatic rings. The second-order valence-corrected chi connectivity index (χ2v) is 6.44. The number of benzene rings is 1. The minimum absolute atomic E-state index is 0.317. The number of hydrogen-bond acceptors (Lipinski definition) is 6. The highest BCUT2D eigenvalue weighted by Crippen LogP contribution is 2.27. The smallest absolute Gasteiger partial charge is 0.326 e. The lowest BCUT2D eigenvalue weighted by molar-refractivity contribution is -0.150. The van der Waals surface area contributed by atoms with Gasteiger partial charge in [0.2, 0.25) is 0 Å². The van der Waals surface area contributed by atoms with Crippen LogP contribution >= 0.6 is 11.6 Å². The van der Waals surface area contributed by atoms with Crippen LogP contribution in [0, 0.1) is 0 Å². The van der Waals surface area contributed by atoms with Gasteiger partial charge in [0.25, 0.3) is 11.8 Å². The summed E-state index contributed by atoms with van der Waals surface area (Å²) in [5, 5.41) is 5.32. The fraction of sp³-hybridized carbons (Fsp3) is 0.375. The van der Waals surface area contributed by atoms with Gasteiger partial charge in [-0.2, -0.15) is 0 Å². The Morgan fingerprint density at radius 3 is 2.58 bits per heavy atom. The van der Waals surface area contributed by atoms with Crippen molar-refractivity contribution in [2.45, 2.75) is 19.4 Å². The minimum atomic E-state index is -1.09. The monoisotopic (exact) mass is 383 g/mol. The molecule has 0 unspecified atom stereocenters. The molecule has 1 heterocycles. The topological polar surface area (TPSA) is 114 Å². The van der Waals surface area contributed by atoms with Crippen molar-refractivity contribution < 1.29 is 28.7 Å². The summed E-state index contributed by atoms with van der Waals surface area (Å²) in [5.41, 5.74) is -0.769. The number of carbonyl (C=O) groups excluding carboxylic acids is 4.